The minimum absolute atomic E-state index is 0.0559. The van der Waals surface area contributed by atoms with Gasteiger partial charge < -0.3 is 4.90 Å². The first-order valence-electron chi connectivity index (χ1n) is 8.55. The third kappa shape index (κ3) is 5.31. The highest BCUT2D eigenvalue weighted by Crippen LogP contribution is 2.18. The Labute approximate surface area is 145 Å². The predicted molar refractivity (Wildman–Crippen MR) is 96.0 cm³/mol. The number of hydrogen-bond donors (Lipinski definition) is 0. The van der Waals surface area contributed by atoms with Crippen LogP contribution >= 0.6 is 0 Å². The van der Waals surface area contributed by atoms with Crippen LogP contribution in [0.25, 0.3) is 0 Å². The van der Waals surface area contributed by atoms with Crippen molar-refractivity contribution in [3.05, 3.63) is 35.4 Å². The maximum absolute atomic E-state index is 12.4. The number of nitrogens with zero attached hydrogens (tertiary/aromatic N) is 2. The third-order valence-corrected chi connectivity index (χ3v) is 6.04. The summed E-state index contributed by atoms with van der Waals surface area (Å²) in [4.78, 5) is 14.2. The van der Waals surface area contributed by atoms with Crippen molar-refractivity contribution in [1.29, 1.82) is 0 Å². The van der Waals surface area contributed by atoms with Crippen LogP contribution in [-0.2, 0) is 21.4 Å². The number of sulfonamides is 1. The first kappa shape index (κ1) is 18.9. The topological polar surface area (TPSA) is 57.7 Å². The number of piperidine rings is 1. The number of carbonyl (C=O) groups excluding carboxylic acids is 1. The third-order valence-electron chi connectivity index (χ3n) is 4.79. The van der Waals surface area contributed by atoms with E-state index in [9.17, 15) is 13.2 Å². The highest BCUT2D eigenvalue weighted by Gasteiger charge is 2.23. The minimum Gasteiger partial charge on any atom is -0.343 e. The molecule has 0 aromatic heterocycles. The van der Waals surface area contributed by atoms with Crippen LogP contribution in [0.5, 0.6) is 0 Å². The van der Waals surface area contributed by atoms with E-state index in [-0.39, 0.29) is 18.9 Å². The molecule has 0 N–H and O–H groups in total. The van der Waals surface area contributed by atoms with Gasteiger partial charge in [-0.25, -0.2) is 8.42 Å². The van der Waals surface area contributed by atoms with E-state index in [1.165, 1.54) is 10.6 Å². The molecule has 134 valence electrons. The fourth-order valence-corrected chi connectivity index (χ4v) is 3.77. The van der Waals surface area contributed by atoms with Crippen molar-refractivity contribution in [3.8, 4) is 0 Å². The lowest BCUT2D eigenvalue weighted by Crippen LogP contribution is -2.40. The van der Waals surface area contributed by atoms with E-state index < -0.39 is 10.0 Å². The second kappa shape index (κ2) is 8.12. The van der Waals surface area contributed by atoms with Gasteiger partial charge in [-0.15, -0.1) is 0 Å². The summed E-state index contributed by atoms with van der Waals surface area (Å²) in [6.07, 6.45) is 3.52. The Morgan fingerprint density at radius 1 is 1.25 bits per heavy atom. The van der Waals surface area contributed by atoms with Gasteiger partial charge in [-0.05, 0) is 36.8 Å². The number of amides is 1. The van der Waals surface area contributed by atoms with Crippen LogP contribution in [0.15, 0.2) is 24.3 Å². The number of aryl methyl sites for hydroxylation is 1. The van der Waals surface area contributed by atoms with E-state index in [1.54, 1.807) is 0 Å². The lowest BCUT2D eigenvalue weighted by molar-refractivity contribution is -0.132. The average molecular weight is 353 g/mol. The molecule has 0 unspecified atom stereocenters. The van der Waals surface area contributed by atoms with Crippen molar-refractivity contribution in [2.45, 2.75) is 39.7 Å². The van der Waals surface area contributed by atoms with Crippen molar-refractivity contribution in [2.75, 3.05) is 25.9 Å². The first-order chi connectivity index (χ1) is 11.3. The molecular weight excluding hydrogens is 324 g/mol. The zero-order chi connectivity index (χ0) is 17.7. The summed E-state index contributed by atoms with van der Waals surface area (Å²) in [5.41, 5.74) is 2.03. The summed E-state index contributed by atoms with van der Waals surface area (Å²) >= 11 is 0. The molecule has 1 amide bonds. The Morgan fingerprint density at radius 2 is 1.88 bits per heavy atom. The fraction of sp³-hybridized carbons (Fsp3) is 0.611. The Bertz CT molecular complexity index is 665. The first-order valence-corrected chi connectivity index (χ1v) is 10.4. The van der Waals surface area contributed by atoms with Gasteiger partial charge in [0.05, 0.1) is 6.26 Å². The summed E-state index contributed by atoms with van der Waals surface area (Å²) in [7, 11) is -3.35. The van der Waals surface area contributed by atoms with Crippen molar-refractivity contribution in [1.82, 2.24) is 9.21 Å². The van der Waals surface area contributed by atoms with Gasteiger partial charge in [0.2, 0.25) is 15.9 Å². The molecule has 6 heteroatoms. The van der Waals surface area contributed by atoms with E-state index in [0.717, 1.165) is 37.1 Å². The van der Waals surface area contributed by atoms with E-state index in [4.69, 9.17) is 0 Å². The van der Waals surface area contributed by atoms with Crippen LogP contribution in [0.4, 0.5) is 0 Å². The lowest BCUT2D eigenvalue weighted by Gasteiger charge is -2.31. The van der Waals surface area contributed by atoms with Crippen LogP contribution in [0.1, 0.15) is 37.3 Å². The second-order valence-corrected chi connectivity index (χ2v) is 8.82. The zero-order valence-corrected chi connectivity index (χ0v) is 15.7. The summed E-state index contributed by atoms with van der Waals surface area (Å²) in [6.45, 7) is 6.30. The van der Waals surface area contributed by atoms with Crippen molar-refractivity contribution in [2.24, 2.45) is 5.92 Å². The predicted octanol–water partition coefficient (Wildman–Crippen LogP) is 2.41. The molecule has 0 saturated carbocycles. The number of hydrogen-bond acceptors (Lipinski definition) is 3. The normalized spacial score (nSPS) is 16.6. The van der Waals surface area contributed by atoms with Gasteiger partial charge >= 0.3 is 0 Å². The molecule has 1 fully saturated rings. The van der Waals surface area contributed by atoms with Crippen molar-refractivity contribution >= 4 is 15.9 Å². The van der Waals surface area contributed by atoms with Crippen molar-refractivity contribution in [3.63, 3.8) is 0 Å². The minimum atomic E-state index is -3.35. The van der Waals surface area contributed by atoms with Crippen LogP contribution in [0.3, 0.4) is 0 Å². The Hall–Kier alpha value is -1.40. The zero-order valence-electron chi connectivity index (χ0n) is 14.9. The molecule has 0 spiro atoms. The van der Waals surface area contributed by atoms with Gasteiger partial charge in [-0.2, -0.15) is 4.31 Å². The van der Waals surface area contributed by atoms with E-state index in [0.29, 0.717) is 12.5 Å². The van der Waals surface area contributed by atoms with Gasteiger partial charge in [0.15, 0.2) is 0 Å². The Morgan fingerprint density at radius 3 is 2.46 bits per heavy atom. The summed E-state index contributed by atoms with van der Waals surface area (Å²) in [6, 6.07) is 7.74. The molecule has 24 heavy (non-hydrogen) atoms. The molecule has 5 nitrogen and oxygen atoms in total. The van der Waals surface area contributed by atoms with Crippen LogP contribution in [0, 0.1) is 12.8 Å². The SMILES string of the molecule is Cc1ccccc1CN(CCC(=O)N1CCC(C)CC1)S(C)(=O)=O. The number of rotatable bonds is 6. The molecule has 2 rings (SSSR count). The largest absolute Gasteiger partial charge is 0.343 e. The molecule has 1 aromatic rings. The molecule has 0 aliphatic carbocycles. The van der Waals surface area contributed by atoms with Crippen LogP contribution in [0.2, 0.25) is 0 Å². The molecule has 1 aromatic carbocycles. The van der Waals surface area contributed by atoms with E-state index in [1.807, 2.05) is 36.1 Å². The number of benzene rings is 1. The summed E-state index contributed by atoms with van der Waals surface area (Å²) in [5, 5.41) is 0. The molecular formula is C18H28N2O3S. The standard InChI is InChI=1S/C18H28N2O3S/c1-15-8-11-19(12-9-15)18(21)10-13-20(24(3,22)23)14-17-7-5-4-6-16(17)2/h4-7,15H,8-14H2,1-3H3. The van der Waals surface area contributed by atoms with Crippen molar-refractivity contribution < 1.29 is 13.2 Å². The quantitative estimate of drug-likeness (QED) is 0.790. The molecule has 0 atom stereocenters. The molecule has 1 heterocycles. The summed E-state index contributed by atoms with van der Waals surface area (Å²) < 4.78 is 25.6. The molecule has 1 aliphatic heterocycles. The molecule has 1 aliphatic rings. The molecule has 1 saturated heterocycles. The number of likely N-dealkylation sites (tertiary alicyclic amines) is 1. The fourth-order valence-electron chi connectivity index (χ4n) is 2.98. The second-order valence-electron chi connectivity index (χ2n) is 6.84. The molecule has 0 radical (unpaired) electrons. The molecule has 0 bridgehead atoms. The Balaban J connectivity index is 1.97. The van der Waals surface area contributed by atoms with Gasteiger partial charge in [-0.3, -0.25) is 4.79 Å². The smallest absolute Gasteiger partial charge is 0.223 e. The highest BCUT2D eigenvalue weighted by molar-refractivity contribution is 7.88. The van der Waals surface area contributed by atoms with Crippen LogP contribution < -0.4 is 0 Å². The maximum Gasteiger partial charge on any atom is 0.223 e. The van der Waals surface area contributed by atoms with Gasteiger partial charge in [-0.1, -0.05) is 31.2 Å². The van der Waals surface area contributed by atoms with Gasteiger partial charge in [0, 0.05) is 32.6 Å². The average Bonchev–Trinajstić information content (AvgIpc) is 2.52. The van der Waals surface area contributed by atoms with Crippen LogP contribution in [-0.4, -0.2) is 49.4 Å². The monoisotopic (exact) mass is 352 g/mol. The number of carbonyl (C=O) groups is 1. The van der Waals surface area contributed by atoms with E-state index in [2.05, 4.69) is 6.92 Å². The Kier molecular flexibility index (Phi) is 6.40. The lowest BCUT2D eigenvalue weighted by atomic mass is 9.99. The summed E-state index contributed by atoms with van der Waals surface area (Å²) in [5.74, 6) is 0.725. The maximum atomic E-state index is 12.4. The van der Waals surface area contributed by atoms with Gasteiger partial charge in [0.1, 0.15) is 0 Å². The van der Waals surface area contributed by atoms with Gasteiger partial charge in [0.25, 0.3) is 0 Å². The highest BCUT2D eigenvalue weighted by atomic mass is 32.2. The van der Waals surface area contributed by atoms with E-state index >= 15 is 0 Å².